The van der Waals surface area contributed by atoms with Crippen molar-refractivity contribution >= 4 is 0 Å². The van der Waals surface area contributed by atoms with E-state index in [2.05, 4.69) is 5.48 Å². The van der Waals surface area contributed by atoms with Crippen LogP contribution < -0.4 is 10.2 Å². The van der Waals surface area contributed by atoms with Gasteiger partial charge in [0.2, 0.25) is 0 Å². The fourth-order valence-corrected chi connectivity index (χ4v) is 1.11. The molecular formula is C11H17NO2. The molecule has 0 fully saturated rings. The van der Waals surface area contributed by atoms with Gasteiger partial charge in [-0.15, -0.1) is 0 Å². The fraction of sp³-hybridized carbons (Fsp3) is 0.455. The number of rotatable bonds is 5. The normalized spacial score (nSPS) is 10.6. The van der Waals surface area contributed by atoms with Gasteiger partial charge in [-0.05, 0) is 31.5 Å². The van der Waals surface area contributed by atoms with E-state index in [-0.39, 0.29) is 6.10 Å². The van der Waals surface area contributed by atoms with Crippen molar-refractivity contribution in [1.29, 1.82) is 0 Å². The molecule has 0 bridgehead atoms. The fourth-order valence-electron chi connectivity index (χ4n) is 1.11. The lowest BCUT2D eigenvalue weighted by Crippen LogP contribution is -2.10. The summed E-state index contributed by atoms with van der Waals surface area (Å²) in [6, 6.07) is 7.97. The van der Waals surface area contributed by atoms with Crippen LogP contribution in [0, 0.1) is 0 Å². The lowest BCUT2D eigenvalue weighted by atomic mass is 10.2. The van der Waals surface area contributed by atoms with Crippen LogP contribution in [0.1, 0.15) is 19.4 Å². The van der Waals surface area contributed by atoms with Crippen LogP contribution in [0.3, 0.4) is 0 Å². The molecule has 0 aromatic heterocycles. The predicted octanol–water partition coefficient (Wildman–Crippen LogP) is 2.12. The van der Waals surface area contributed by atoms with E-state index in [9.17, 15) is 0 Å². The summed E-state index contributed by atoms with van der Waals surface area (Å²) in [7, 11) is 1.61. The highest BCUT2D eigenvalue weighted by Gasteiger charge is 1.97. The maximum atomic E-state index is 5.52. The van der Waals surface area contributed by atoms with Gasteiger partial charge in [-0.1, -0.05) is 12.1 Å². The van der Waals surface area contributed by atoms with Crippen molar-refractivity contribution in [3.05, 3.63) is 29.8 Å². The molecule has 0 unspecified atom stereocenters. The predicted molar refractivity (Wildman–Crippen MR) is 56.1 cm³/mol. The molecule has 0 saturated carbocycles. The second-order valence-electron chi connectivity index (χ2n) is 3.34. The highest BCUT2D eigenvalue weighted by atomic mass is 16.6. The molecular weight excluding hydrogens is 178 g/mol. The molecule has 14 heavy (non-hydrogen) atoms. The molecule has 0 spiro atoms. The number of hydroxylamine groups is 1. The molecule has 0 heterocycles. The minimum atomic E-state index is 0.220. The molecule has 1 N–H and O–H groups in total. The second-order valence-corrected chi connectivity index (χ2v) is 3.34. The number of hydrogen-bond acceptors (Lipinski definition) is 3. The van der Waals surface area contributed by atoms with Crippen molar-refractivity contribution < 1.29 is 9.57 Å². The van der Waals surface area contributed by atoms with Gasteiger partial charge in [0.1, 0.15) is 5.75 Å². The Morgan fingerprint density at radius 1 is 1.21 bits per heavy atom. The molecule has 0 saturated heterocycles. The SMILES string of the molecule is CONCc1ccc(OC(C)C)cc1. The molecule has 0 atom stereocenters. The Bertz CT molecular complexity index is 256. The highest BCUT2D eigenvalue weighted by molar-refractivity contribution is 5.27. The highest BCUT2D eigenvalue weighted by Crippen LogP contribution is 2.13. The number of nitrogens with one attached hydrogen (secondary N) is 1. The van der Waals surface area contributed by atoms with Crippen LogP contribution in [-0.2, 0) is 11.4 Å². The zero-order chi connectivity index (χ0) is 10.4. The summed E-state index contributed by atoms with van der Waals surface area (Å²) in [5.41, 5.74) is 3.95. The van der Waals surface area contributed by atoms with Crippen LogP contribution in [0.15, 0.2) is 24.3 Å². The molecule has 0 amide bonds. The lowest BCUT2D eigenvalue weighted by molar-refractivity contribution is 0.0867. The summed E-state index contributed by atoms with van der Waals surface area (Å²) in [6.07, 6.45) is 0.220. The van der Waals surface area contributed by atoms with Crippen LogP contribution in [0.25, 0.3) is 0 Å². The minimum absolute atomic E-state index is 0.220. The number of hydrogen-bond donors (Lipinski definition) is 1. The van der Waals surface area contributed by atoms with Gasteiger partial charge in [-0.25, -0.2) is 0 Å². The minimum Gasteiger partial charge on any atom is -0.491 e. The van der Waals surface area contributed by atoms with Crippen LogP contribution >= 0.6 is 0 Å². The van der Waals surface area contributed by atoms with Gasteiger partial charge < -0.3 is 9.57 Å². The van der Waals surface area contributed by atoms with Gasteiger partial charge in [0, 0.05) is 6.54 Å². The number of benzene rings is 1. The summed E-state index contributed by atoms with van der Waals surface area (Å²) in [5.74, 6) is 0.904. The largest absolute Gasteiger partial charge is 0.491 e. The average molecular weight is 195 g/mol. The maximum Gasteiger partial charge on any atom is 0.119 e. The van der Waals surface area contributed by atoms with Gasteiger partial charge in [-0.3, -0.25) is 0 Å². The van der Waals surface area contributed by atoms with E-state index in [1.165, 1.54) is 5.56 Å². The third kappa shape index (κ3) is 3.77. The molecule has 1 rings (SSSR count). The molecule has 3 nitrogen and oxygen atoms in total. The van der Waals surface area contributed by atoms with E-state index < -0.39 is 0 Å². The van der Waals surface area contributed by atoms with E-state index in [1.807, 2.05) is 38.1 Å². The molecule has 1 aromatic rings. The first kappa shape index (κ1) is 11.0. The van der Waals surface area contributed by atoms with Crippen molar-refractivity contribution in [3.63, 3.8) is 0 Å². The van der Waals surface area contributed by atoms with E-state index >= 15 is 0 Å². The Kier molecular flexibility index (Phi) is 4.43. The van der Waals surface area contributed by atoms with Crippen molar-refractivity contribution in [2.24, 2.45) is 0 Å². The molecule has 0 aliphatic heterocycles. The smallest absolute Gasteiger partial charge is 0.119 e. The van der Waals surface area contributed by atoms with Crippen LogP contribution in [0.4, 0.5) is 0 Å². The van der Waals surface area contributed by atoms with Gasteiger partial charge in [0.25, 0.3) is 0 Å². The number of ether oxygens (including phenoxy) is 1. The summed E-state index contributed by atoms with van der Waals surface area (Å²) >= 11 is 0. The van der Waals surface area contributed by atoms with Crippen molar-refractivity contribution in [1.82, 2.24) is 5.48 Å². The summed E-state index contributed by atoms with van der Waals surface area (Å²) in [4.78, 5) is 4.76. The van der Waals surface area contributed by atoms with Gasteiger partial charge >= 0.3 is 0 Å². The van der Waals surface area contributed by atoms with Crippen molar-refractivity contribution in [3.8, 4) is 5.75 Å². The summed E-state index contributed by atoms with van der Waals surface area (Å²) < 4.78 is 5.52. The Labute approximate surface area is 85.0 Å². The second kappa shape index (κ2) is 5.62. The summed E-state index contributed by atoms with van der Waals surface area (Å²) in [6.45, 7) is 4.74. The van der Waals surface area contributed by atoms with Gasteiger partial charge in [-0.2, -0.15) is 5.48 Å². The molecule has 1 aromatic carbocycles. The first-order chi connectivity index (χ1) is 6.72. The standard InChI is InChI=1S/C11H17NO2/c1-9(2)14-11-6-4-10(5-7-11)8-12-13-3/h4-7,9,12H,8H2,1-3H3. The van der Waals surface area contributed by atoms with E-state index in [4.69, 9.17) is 9.57 Å². The molecule has 0 aliphatic rings. The van der Waals surface area contributed by atoms with E-state index in [0.717, 1.165) is 5.75 Å². The lowest BCUT2D eigenvalue weighted by Gasteiger charge is -2.10. The zero-order valence-corrected chi connectivity index (χ0v) is 8.91. The van der Waals surface area contributed by atoms with Gasteiger partial charge in [0.05, 0.1) is 13.2 Å². The van der Waals surface area contributed by atoms with E-state index in [0.29, 0.717) is 6.54 Å². The van der Waals surface area contributed by atoms with Crippen molar-refractivity contribution in [2.75, 3.05) is 7.11 Å². The topological polar surface area (TPSA) is 30.5 Å². The Balaban J connectivity index is 2.50. The quantitative estimate of drug-likeness (QED) is 0.730. The third-order valence-corrected chi connectivity index (χ3v) is 1.72. The van der Waals surface area contributed by atoms with Crippen LogP contribution in [0.2, 0.25) is 0 Å². The van der Waals surface area contributed by atoms with Crippen LogP contribution in [0.5, 0.6) is 5.75 Å². The Morgan fingerprint density at radius 2 is 1.86 bits per heavy atom. The molecule has 0 aliphatic carbocycles. The molecule has 78 valence electrons. The first-order valence-corrected chi connectivity index (χ1v) is 4.74. The monoisotopic (exact) mass is 195 g/mol. The van der Waals surface area contributed by atoms with Crippen LogP contribution in [-0.4, -0.2) is 13.2 Å². The van der Waals surface area contributed by atoms with Gasteiger partial charge in [0.15, 0.2) is 0 Å². The average Bonchev–Trinajstić information content (AvgIpc) is 2.16. The van der Waals surface area contributed by atoms with E-state index in [1.54, 1.807) is 7.11 Å². The molecule has 0 radical (unpaired) electrons. The Morgan fingerprint density at radius 3 is 2.36 bits per heavy atom. The molecule has 3 heteroatoms. The first-order valence-electron chi connectivity index (χ1n) is 4.74. The zero-order valence-electron chi connectivity index (χ0n) is 8.91. The maximum absolute atomic E-state index is 5.52. The summed E-state index contributed by atoms with van der Waals surface area (Å²) in [5, 5.41) is 0. The Hall–Kier alpha value is -1.06. The van der Waals surface area contributed by atoms with Crippen molar-refractivity contribution in [2.45, 2.75) is 26.5 Å². The third-order valence-electron chi connectivity index (χ3n) is 1.72.